The molecule has 0 fully saturated rings. The van der Waals surface area contributed by atoms with Gasteiger partial charge in [-0.1, -0.05) is 0 Å². The second-order valence-electron chi connectivity index (χ2n) is 6.29. The minimum atomic E-state index is -0.491. The average molecular weight is 429 g/mol. The quantitative estimate of drug-likeness (QED) is 0.481. The SMILES string of the molecule is COc1cc(C(=O)NCC(=O)NN=Cc2ccc3c(c2)OCCO3)cc(OC)c1OC. The molecule has 0 aromatic heterocycles. The van der Waals surface area contributed by atoms with Crippen molar-refractivity contribution >= 4 is 18.0 Å². The maximum absolute atomic E-state index is 12.4. The number of hydrogen-bond acceptors (Lipinski definition) is 8. The summed E-state index contributed by atoms with van der Waals surface area (Å²) < 4.78 is 26.6. The molecule has 0 saturated heterocycles. The number of carbonyl (C=O) groups is 2. The third kappa shape index (κ3) is 5.35. The van der Waals surface area contributed by atoms with Crippen LogP contribution in [0.3, 0.4) is 0 Å². The Morgan fingerprint density at radius 3 is 2.32 bits per heavy atom. The fraction of sp³-hybridized carbons (Fsp3) is 0.286. The van der Waals surface area contributed by atoms with E-state index in [-0.39, 0.29) is 12.1 Å². The van der Waals surface area contributed by atoms with Gasteiger partial charge >= 0.3 is 0 Å². The van der Waals surface area contributed by atoms with Crippen LogP contribution in [0.4, 0.5) is 0 Å². The smallest absolute Gasteiger partial charge is 0.259 e. The summed E-state index contributed by atoms with van der Waals surface area (Å²) in [5, 5.41) is 6.40. The lowest BCUT2D eigenvalue weighted by Gasteiger charge is -2.18. The monoisotopic (exact) mass is 429 g/mol. The Morgan fingerprint density at radius 1 is 1.00 bits per heavy atom. The molecular weight excluding hydrogens is 406 g/mol. The van der Waals surface area contributed by atoms with Crippen LogP contribution < -0.4 is 34.4 Å². The summed E-state index contributed by atoms with van der Waals surface area (Å²) in [6, 6.07) is 8.31. The molecule has 2 N–H and O–H groups in total. The highest BCUT2D eigenvalue weighted by atomic mass is 16.6. The molecule has 0 spiro atoms. The number of ether oxygens (including phenoxy) is 5. The van der Waals surface area contributed by atoms with E-state index in [0.29, 0.717) is 42.0 Å². The van der Waals surface area contributed by atoms with Gasteiger partial charge in [-0.05, 0) is 35.9 Å². The minimum Gasteiger partial charge on any atom is -0.493 e. The van der Waals surface area contributed by atoms with Crippen molar-refractivity contribution < 1.29 is 33.3 Å². The lowest BCUT2D eigenvalue weighted by Crippen LogP contribution is -2.34. The van der Waals surface area contributed by atoms with E-state index >= 15 is 0 Å². The summed E-state index contributed by atoms with van der Waals surface area (Å²) in [6.07, 6.45) is 1.47. The van der Waals surface area contributed by atoms with E-state index in [1.54, 1.807) is 18.2 Å². The summed E-state index contributed by atoms with van der Waals surface area (Å²) in [4.78, 5) is 24.4. The Morgan fingerprint density at radius 2 is 1.68 bits per heavy atom. The van der Waals surface area contributed by atoms with E-state index in [2.05, 4.69) is 15.8 Å². The van der Waals surface area contributed by atoms with Crippen LogP contribution in [0.2, 0.25) is 0 Å². The first-order valence-electron chi connectivity index (χ1n) is 9.35. The molecular formula is C21H23N3O7. The number of rotatable bonds is 8. The molecule has 2 aromatic rings. The zero-order valence-electron chi connectivity index (χ0n) is 17.4. The van der Waals surface area contributed by atoms with Gasteiger partial charge < -0.3 is 29.0 Å². The van der Waals surface area contributed by atoms with Crippen LogP contribution in [-0.4, -0.2) is 59.1 Å². The molecule has 0 radical (unpaired) electrons. The highest BCUT2D eigenvalue weighted by molar-refractivity contribution is 5.97. The van der Waals surface area contributed by atoms with Crippen molar-refractivity contribution in [3.8, 4) is 28.7 Å². The number of hydrogen-bond donors (Lipinski definition) is 2. The molecule has 10 nitrogen and oxygen atoms in total. The van der Waals surface area contributed by atoms with Gasteiger partial charge in [-0.15, -0.1) is 0 Å². The fourth-order valence-electron chi connectivity index (χ4n) is 2.83. The molecule has 2 amide bonds. The lowest BCUT2D eigenvalue weighted by atomic mass is 10.1. The number of methoxy groups -OCH3 is 3. The molecule has 0 saturated carbocycles. The highest BCUT2D eigenvalue weighted by Gasteiger charge is 2.17. The van der Waals surface area contributed by atoms with Crippen molar-refractivity contribution in [2.45, 2.75) is 0 Å². The maximum Gasteiger partial charge on any atom is 0.259 e. The Hall–Kier alpha value is -3.95. The molecule has 1 aliphatic rings. The van der Waals surface area contributed by atoms with E-state index in [1.807, 2.05) is 0 Å². The number of hydrazone groups is 1. The largest absolute Gasteiger partial charge is 0.493 e. The first kappa shape index (κ1) is 21.8. The lowest BCUT2D eigenvalue weighted by molar-refractivity contribution is -0.120. The first-order chi connectivity index (χ1) is 15.0. The minimum absolute atomic E-state index is 0.252. The van der Waals surface area contributed by atoms with Crippen molar-refractivity contribution in [2.75, 3.05) is 41.1 Å². The van der Waals surface area contributed by atoms with Crippen LogP contribution in [0.15, 0.2) is 35.4 Å². The van der Waals surface area contributed by atoms with Gasteiger partial charge in [-0.25, -0.2) is 5.43 Å². The topological polar surface area (TPSA) is 117 Å². The zero-order valence-corrected chi connectivity index (χ0v) is 17.4. The van der Waals surface area contributed by atoms with Crippen LogP contribution in [0.5, 0.6) is 28.7 Å². The van der Waals surface area contributed by atoms with Crippen LogP contribution in [0.1, 0.15) is 15.9 Å². The van der Waals surface area contributed by atoms with E-state index in [9.17, 15) is 9.59 Å². The van der Waals surface area contributed by atoms with Crippen molar-refractivity contribution in [2.24, 2.45) is 5.10 Å². The molecule has 0 unspecified atom stereocenters. The number of nitrogens with zero attached hydrogens (tertiary/aromatic N) is 1. The van der Waals surface area contributed by atoms with Gasteiger partial charge in [0.2, 0.25) is 5.75 Å². The van der Waals surface area contributed by atoms with Gasteiger partial charge in [0.05, 0.1) is 34.1 Å². The van der Waals surface area contributed by atoms with Crippen molar-refractivity contribution in [3.63, 3.8) is 0 Å². The maximum atomic E-state index is 12.4. The molecule has 0 atom stereocenters. The molecule has 2 aromatic carbocycles. The van der Waals surface area contributed by atoms with Crippen molar-refractivity contribution in [3.05, 3.63) is 41.5 Å². The van der Waals surface area contributed by atoms with Gasteiger partial charge in [0.25, 0.3) is 11.8 Å². The summed E-state index contributed by atoms with van der Waals surface area (Å²) >= 11 is 0. The summed E-state index contributed by atoms with van der Waals surface area (Å²) in [5.41, 5.74) is 3.34. The fourth-order valence-corrected chi connectivity index (χ4v) is 2.83. The van der Waals surface area contributed by atoms with E-state index in [4.69, 9.17) is 23.7 Å². The Labute approximate surface area is 179 Å². The molecule has 164 valence electrons. The zero-order chi connectivity index (χ0) is 22.2. The van der Waals surface area contributed by atoms with E-state index in [1.165, 1.54) is 39.7 Å². The average Bonchev–Trinajstić information content (AvgIpc) is 2.81. The van der Waals surface area contributed by atoms with Gasteiger partial charge in [0, 0.05) is 5.56 Å². The van der Waals surface area contributed by atoms with Gasteiger partial charge in [0.1, 0.15) is 13.2 Å². The third-order valence-corrected chi connectivity index (χ3v) is 4.31. The number of carbonyl (C=O) groups excluding carboxylic acids is 2. The predicted molar refractivity (Wildman–Crippen MR) is 112 cm³/mol. The van der Waals surface area contributed by atoms with Crippen molar-refractivity contribution in [1.82, 2.24) is 10.7 Å². The Balaban J connectivity index is 1.55. The van der Waals surface area contributed by atoms with Gasteiger partial charge in [0.15, 0.2) is 23.0 Å². The van der Waals surface area contributed by atoms with Crippen molar-refractivity contribution in [1.29, 1.82) is 0 Å². The highest BCUT2D eigenvalue weighted by Crippen LogP contribution is 2.38. The number of nitrogens with one attached hydrogen (secondary N) is 2. The number of fused-ring (bicyclic) bond motifs is 1. The molecule has 0 bridgehead atoms. The summed E-state index contributed by atoms with van der Waals surface area (Å²) in [7, 11) is 4.37. The van der Waals surface area contributed by atoms with E-state index in [0.717, 1.165) is 5.56 Å². The Kier molecular flexibility index (Phi) is 7.15. The normalized spacial score (nSPS) is 12.2. The second-order valence-corrected chi connectivity index (χ2v) is 6.29. The summed E-state index contributed by atoms with van der Waals surface area (Å²) in [6.45, 7) is 0.724. The standard InChI is InChI=1S/C21H23N3O7/c1-27-17-9-14(10-18(28-2)20(17)29-3)21(26)22-12-19(25)24-23-11-13-4-5-15-16(8-13)31-7-6-30-15/h4-5,8-11H,6-7,12H2,1-3H3,(H,22,26)(H,24,25). The third-order valence-electron chi connectivity index (χ3n) is 4.31. The number of benzene rings is 2. The molecule has 1 heterocycles. The number of amides is 2. The molecule has 3 rings (SSSR count). The Bertz CT molecular complexity index is 966. The van der Waals surface area contributed by atoms with Crippen LogP contribution >= 0.6 is 0 Å². The molecule has 31 heavy (non-hydrogen) atoms. The van der Waals surface area contributed by atoms with Crippen LogP contribution in [-0.2, 0) is 4.79 Å². The van der Waals surface area contributed by atoms with Crippen LogP contribution in [0.25, 0.3) is 0 Å². The van der Waals surface area contributed by atoms with Gasteiger partial charge in [-0.3, -0.25) is 9.59 Å². The molecule has 1 aliphatic heterocycles. The van der Waals surface area contributed by atoms with Gasteiger partial charge in [-0.2, -0.15) is 5.10 Å². The molecule has 0 aliphatic carbocycles. The molecule has 10 heteroatoms. The first-order valence-corrected chi connectivity index (χ1v) is 9.35. The predicted octanol–water partition coefficient (Wildman–Crippen LogP) is 1.36. The van der Waals surface area contributed by atoms with Crippen LogP contribution in [0, 0.1) is 0 Å². The summed E-state index contributed by atoms with van der Waals surface area (Å²) in [5.74, 6) is 1.36. The van der Waals surface area contributed by atoms with E-state index < -0.39 is 11.8 Å². The second kappa shape index (κ2) is 10.2.